The predicted molar refractivity (Wildman–Crippen MR) is 83.2 cm³/mol. The molecule has 0 fully saturated rings. The molecule has 0 aliphatic carbocycles. The molecule has 1 aromatic heterocycles. The van der Waals surface area contributed by atoms with Gasteiger partial charge in [0.15, 0.2) is 0 Å². The van der Waals surface area contributed by atoms with Crippen molar-refractivity contribution < 1.29 is 9.59 Å². The second kappa shape index (κ2) is 6.43. The highest BCUT2D eigenvalue weighted by molar-refractivity contribution is 6.07. The average molecular weight is 287 g/mol. The van der Waals surface area contributed by atoms with Crippen LogP contribution in [0.15, 0.2) is 30.5 Å². The van der Waals surface area contributed by atoms with Crippen LogP contribution >= 0.6 is 0 Å². The first-order chi connectivity index (χ1) is 10.0. The largest absolute Gasteiger partial charge is 0.361 e. The van der Waals surface area contributed by atoms with Crippen molar-refractivity contribution >= 4 is 22.7 Å². The molecule has 0 saturated heterocycles. The average Bonchev–Trinajstić information content (AvgIpc) is 2.94. The fourth-order valence-corrected chi connectivity index (χ4v) is 2.27. The summed E-state index contributed by atoms with van der Waals surface area (Å²) in [7, 11) is 3.40. The minimum Gasteiger partial charge on any atom is -0.361 e. The Kier molecular flexibility index (Phi) is 4.62. The number of aromatic amines is 1. The number of carbonyl (C=O) groups excluding carboxylic acids is 2. The number of H-pyrrole nitrogens is 1. The van der Waals surface area contributed by atoms with Crippen molar-refractivity contribution in [1.29, 1.82) is 0 Å². The lowest BCUT2D eigenvalue weighted by Crippen LogP contribution is -2.40. The third kappa shape index (κ3) is 3.24. The fourth-order valence-electron chi connectivity index (χ4n) is 2.27. The summed E-state index contributed by atoms with van der Waals surface area (Å²) in [6, 6.07) is 7.48. The van der Waals surface area contributed by atoms with Gasteiger partial charge in [-0.3, -0.25) is 9.59 Å². The maximum Gasteiger partial charge on any atom is 0.255 e. The van der Waals surface area contributed by atoms with Crippen molar-refractivity contribution in [1.82, 2.24) is 14.8 Å². The number of aromatic nitrogens is 1. The highest BCUT2D eigenvalue weighted by Gasteiger charge is 2.20. The zero-order chi connectivity index (χ0) is 15.4. The normalized spacial score (nSPS) is 10.6. The Morgan fingerprint density at radius 2 is 1.95 bits per heavy atom. The third-order valence-electron chi connectivity index (χ3n) is 3.43. The van der Waals surface area contributed by atoms with Crippen LogP contribution in [0.2, 0.25) is 0 Å². The molecule has 112 valence electrons. The van der Waals surface area contributed by atoms with Gasteiger partial charge in [0.2, 0.25) is 5.91 Å². The molecule has 1 N–H and O–H groups in total. The van der Waals surface area contributed by atoms with Crippen molar-refractivity contribution in [2.45, 2.75) is 13.3 Å². The zero-order valence-electron chi connectivity index (χ0n) is 12.7. The molecule has 5 heteroatoms. The van der Waals surface area contributed by atoms with E-state index in [4.69, 9.17) is 0 Å². The topological polar surface area (TPSA) is 56.4 Å². The molecule has 2 aromatic rings. The highest BCUT2D eigenvalue weighted by Crippen LogP contribution is 2.19. The van der Waals surface area contributed by atoms with E-state index in [1.165, 1.54) is 4.90 Å². The van der Waals surface area contributed by atoms with E-state index in [0.29, 0.717) is 12.1 Å². The Balaban J connectivity index is 2.29. The van der Waals surface area contributed by atoms with E-state index < -0.39 is 0 Å². The number of hydrogen-bond acceptors (Lipinski definition) is 2. The molecule has 0 bridgehead atoms. The number of fused-ring (bicyclic) bond motifs is 1. The van der Waals surface area contributed by atoms with Gasteiger partial charge >= 0.3 is 0 Å². The van der Waals surface area contributed by atoms with Gasteiger partial charge in [-0.1, -0.05) is 13.0 Å². The van der Waals surface area contributed by atoms with Gasteiger partial charge in [0.1, 0.15) is 6.54 Å². The maximum atomic E-state index is 12.7. The van der Waals surface area contributed by atoms with Gasteiger partial charge in [0, 0.05) is 43.3 Å². The smallest absolute Gasteiger partial charge is 0.255 e. The molecule has 21 heavy (non-hydrogen) atoms. The van der Waals surface area contributed by atoms with E-state index >= 15 is 0 Å². The third-order valence-corrected chi connectivity index (χ3v) is 3.43. The molecule has 1 aromatic carbocycles. The van der Waals surface area contributed by atoms with E-state index in [9.17, 15) is 9.59 Å². The number of amides is 2. The second-order valence-electron chi connectivity index (χ2n) is 5.26. The molecule has 2 amide bonds. The molecule has 0 aliphatic rings. The lowest BCUT2D eigenvalue weighted by atomic mass is 10.1. The van der Waals surface area contributed by atoms with E-state index in [2.05, 4.69) is 4.98 Å². The van der Waals surface area contributed by atoms with Crippen LogP contribution in [-0.4, -0.2) is 53.8 Å². The monoisotopic (exact) mass is 287 g/mol. The van der Waals surface area contributed by atoms with Crippen LogP contribution in [0.1, 0.15) is 23.7 Å². The molecule has 0 unspecified atom stereocenters. The van der Waals surface area contributed by atoms with E-state index in [1.54, 1.807) is 25.1 Å². The van der Waals surface area contributed by atoms with Crippen LogP contribution in [0.4, 0.5) is 0 Å². The standard InChI is InChI=1S/C16H21N3O2/c1-4-10-19(11-15(20)18(2)3)16(21)13-6-5-7-14-12(13)8-9-17-14/h5-9,17H,4,10-11H2,1-3H3. The van der Waals surface area contributed by atoms with Crippen molar-refractivity contribution in [3.63, 3.8) is 0 Å². The number of nitrogens with one attached hydrogen (secondary N) is 1. The van der Waals surface area contributed by atoms with Gasteiger partial charge in [0.05, 0.1) is 0 Å². The number of benzene rings is 1. The van der Waals surface area contributed by atoms with Gasteiger partial charge in [-0.25, -0.2) is 0 Å². The minimum atomic E-state index is -0.0998. The van der Waals surface area contributed by atoms with Crippen molar-refractivity contribution in [3.05, 3.63) is 36.0 Å². The maximum absolute atomic E-state index is 12.7. The van der Waals surface area contributed by atoms with Gasteiger partial charge in [-0.05, 0) is 24.6 Å². The summed E-state index contributed by atoms with van der Waals surface area (Å²) in [5.41, 5.74) is 1.56. The first-order valence-electron chi connectivity index (χ1n) is 7.10. The van der Waals surface area contributed by atoms with Gasteiger partial charge in [-0.15, -0.1) is 0 Å². The van der Waals surface area contributed by atoms with Gasteiger partial charge < -0.3 is 14.8 Å². The summed E-state index contributed by atoms with van der Waals surface area (Å²) >= 11 is 0. The number of nitrogens with zero attached hydrogens (tertiary/aromatic N) is 2. The first-order valence-corrected chi connectivity index (χ1v) is 7.10. The molecular weight excluding hydrogens is 266 g/mol. The van der Waals surface area contributed by atoms with Crippen molar-refractivity contribution in [2.24, 2.45) is 0 Å². The van der Waals surface area contributed by atoms with Crippen LogP contribution < -0.4 is 0 Å². The number of hydrogen-bond donors (Lipinski definition) is 1. The van der Waals surface area contributed by atoms with Crippen LogP contribution in [0, 0.1) is 0 Å². The van der Waals surface area contributed by atoms with Crippen LogP contribution in [-0.2, 0) is 4.79 Å². The quantitative estimate of drug-likeness (QED) is 0.915. The Hall–Kier alpha value is -2.30. The molecule has 1 heterocycles. The van der Waals surface area contributed by atoms with Gasteiger partial charge in [0.25, 0.3) is 5.91 Å². The fraction of sp³-hybridized carbons (Fsp3) is 0.375. The molecular formula is C16H21N3O2. The van der Waals surface area contributed by atoms with Crippen LogP contribution in [0.5, 0.6) is 0 Å². The van der Waals surface area contributed by atoms with Crippen LogP contribution in [0.3, 0.4) is 0 Å². The first kappa shape index (κ1) is 15.1. The molecule has 2 rings (SSSR count). The Morgan fingerprint density at radius 3 is 2.62 bits per heavy atom. The SMILES string of the molecule is CCCN(CC(=O)N(C)C)C(=O)c1cccc2[nH]ccc12. The lowest BCUT2D eigenvalue weighted by Gasteiger charge is -2.23. The lowest BCUT2D eigenvalue weighted by molar-refractivity contribution is -0.129. The summed E-state index contributed by atoms with van der Waals surface area (Å²) in [6.07, 6.45) is 2.63. The van der Waals surface area contributed by atoms with Gasteiger partial charge in [-0.2, -0.15) is 0 Å². The predicted octanol–water partition coefficient (Wildman–Crippen LogP) is 2.11. The second-order valence-corrected chi connectivity index (χ2v) is 5.26. The Morgan fingerprint density at radius 1 is 1.19 bits per heavy atom. The summed E-state index contributed by atoms with van der Waals surface area (Å²) in [4.78, 5) is 30.9. The Bertz CT molecular complexity index is 646. The molecule has 0 aliphatic heterocycles. The molecule has 5 nitrogen and oxygen atoms in total. The van der Waals surface area contributed by atoms with Crippen molar-refractivity contribution in [3.8, 4) is 0 Å². The molecule has 0 saturated carbocycles. The number of carbonyl (C=O) groups is 2. The molecule has 0 atom stereocenters. The molecule has 0 radical (unpaired) electrons. The van der Waals surface area contributed by atoms with E-state index in [-0.39, 0.29) is 18.4 Å². The Labute approximate surface area is 124 Å². The summed E-state index contributed by atoms with van der Waals surface area (Å²) < 4.78 is 0. The highest BCUT2D eigenvalue weighted by atomic mass is 16.2. The minimum absolute atomic E-state index is 0.0713. The molecule has 0 spiro atoms. The van der Waals surface area contributed by atoms with Crippen LogP contribution in [0.25, 0.3) is 10.9 Å². The number of likely N-dealkylation sites (N-methyl/N-ethyl adjacent to an activating group) is 1. The van der Waals surface area contributed by atoms with E-state index in [0.717, 1.165) is 17.3 Å². The summed E-state index contributed by atoms with van der Waals surface area (Å²) in [6.45, 7) is 2.68. The van der Waals surface area contributed by atoms with Crippen molar-refractivity contribution in [2.75, 3.05) is 27.2 Å². The van der Waals surface area contributed by atoms with E-state index in [1.807, 2.05) is 31.3 Å². The summed E-state index contributed by atoms with van der Waals surface area (Å²) in [5, 5.41) is 0.890. The summed E-state index contributed by atoms with van der Waals surface area (Å²) in [5.74, 6) is -0.171. The zero-order valence-corrected chi connectivity index (χ0v) is 12.7. The number of rotatable bonds is 5.